The lowest BCUT2D eigenvalue weighted by molar-refractivity contribution is -0.160. The fraction of sp³-hybridized carbons (Fsp3) is 0.447. The van der Waals surface area contributed by atoms with Crippen LogP contribution in [0.2, 0.25) is 0 Å². The quantitative estimate of drug-likeness (QED) is 0.135. The van der Waals surface area contributed by atoms with Gasteiger partial charge in [-0.15, -0.1) is 0 Å². The van der Waals surface area contributed by atoms with Gasteiger partial charge in [-0.3, -0.25) is 19.2 Å². The van der Waals surface area contributed by atoms with E-state index in [-0.39, 0.29) is 51.2 Å². The number of Topliss-reactive ketones (excluding diaryl/α,β-unsaturated/α-hetero) is 1. The Morgan fingerprint density at radius 2 is 1.61 bits per heavy atom. The van der Waals surface area contributed by atoms with Crippen LogP contribution in [0.3, 0.4) is 0 Å². The van der Waals surface area contributed by atoms with Crippen molar-refractivity contribution in [3.63, 3.8) is 0 Å². The van der Waals surface area contributed by atoms with Gasteiger partial charge in [-0.05, 0) is 25.5 Å². The highest BCUT2D eigenvalue weighted by Gasteiger charge is 2.50. The molecule has 0 fully saturated rings. The number of carbonyl (C=O) groups is 4. The van der Waals surface area contributed by atoms with Crippen molar-refractivity contribution in [2.75, 3.05) is 26.1 Å². The maximum atomic E-state index is 14.6. The third-order valence-electron chi connectivity index (χ3n) is 11.9. The van der Waals surface area contributed by atoms with Gasteiger partial charge in [-0.2, -0.15) is 0 Å². The van der Waals surface area contributed by atoms with E-state index in [0.717, 1.165) is 5.56 Å². The molecule has 5 bridgehead atoms. The van der Waals surface area contributed by atoms with Gasteiger partial charge in [0.2, 0.25) is 0 Å². The number of allylic oxidation sites excluding steroid dienone is 2. The predicted octanol–water partition coefficient (Wildman–Crippen LogP) is 6.09. The smallest absolute Gasteiger partial charge is 0.312 e. The summed E-state index contributed by atoms with van der Waals surface area (Å²) in [6.07, 6.45) is 3.56. The van der Waals surface area contributed by atoms with Crippen LogP contribution in [0.25, 0.3) is 10.8 Å². The van der Waals surface area contributed by atoms with Crippen LogP contribution in [-0.2, 0) is 35.1 Å². The van der Waals surface area contributed by atoms with Crippen molar-refractivity contribution in [3.05, 3.63) is 89.2 Å². The molecule has 0 spiro atoms. The van der Waals surface area contributed by atoms with Gasteiger partial charge in [0.25, 0.3) is 17.6 Å². The van der Waals surface area contributed by atoms with Crippen molar-refractivity contribution in [3.8, 4) is 23.0 Å². The second kappa shape index (κ2) is 19.4. The zero-order valence-electron chi connectivity index (χ0n) is 36.8. The summed E-state index contributed by atoms with van der Waals surface area (Å²) in [4.78, 5) is 55.4. The van der Waals surface area contributed by atoms with Crippen molar-refractivity contribution < 1.29 is 63.3 Å². The van der Waals surface area contributed by atoms with E-state index >= 15 is 0 Å². The van der Waals surface area contributed by atoms with Crippen molar-refractivity contribution in [1.29, 1.82) is 0 Å². The predicted molar refractivity (Wildman–Crippen MR) is 231 cm³/mol. The Bertz CT molecular complexity index is 2270. The molecule has 3 aliphatic rings. The number of benzene rings is 3. The SMILES string of the molecule is COC1/C=C/OC2(C)Oc3c(C)c(O)c4c(O)c(cc(OCC(=O)N(C)Cc5ccccc5)c4c3C2=O)NC(=O)C(C)=C/C=C/C(C)C(O)C(C)C(O)C(C)C(OC(C)=O)C1C. The Hall–Kier alpha value is -5.90. The molecule has 15 nitrogen and oxygen atoms in total. The molecule has 9 unspecified atom stereocenters. The number of rotatable bonds is 7. The van der Waals surface area contributed by atoms with Crippen LogP contribution in [0.4, 0.5) is 5.69 Å². The molecule has 0 saturated heterocycles. The Balaban J connectivity index is 1.65. The highest BCUT2D eigenvalue weighted by atomic mass is 16.7. The van der Waals surface area contributed by atoms with Crippen LogP contribution < -0.4 is 14.8 Å². The molecule has 62 heavy (non-hydrogen) atoms. The summed E-state index contributed by atoms with van der Waals surface area (Å²) in [5.41, 5.74) is 0.823. The maximum absolute atomic E-state index is 14.6. The van der Waals surface area contributed by atoms with Crippen LogP contribution in [0, 0.1) is 30.6 Å². The fourth-order valence-corrected chi connectivity index (χ4v) is 7.94. The Labute approximate surface area is 361 Å². The van der Waals surface area contributed by atoms with Crippen molar-refractivity contribution >= 4 is 40.0 Å². The number of phenolic OH excluding ortho intramolecular Hbond substituents is 2. The van der Waals surface area contributed by atoms with Gasteiger partial charge >= 0.3 is 11.8 Å². The summed E-state index contributed by atoms with van der Waals surface area (Å²) < 4.78 is 29.8. The summed E-state index contributed by atoms with van der Waals surface area (Å²) in [5, 5.41) is 48.6. The van der Waals surface area contributed by atoms with E-state index < -0.39 is 95.5 Å². The first kappa shape index (κ1) is 47.2. The van der Waals surface area contributed by atoms with E-state index in [1.165, 1.54) is 64.2 Å². The van der Waals surface area contributed by atoms with Crippen LogP contribution in [0.15, 0.2) is 72.5 Å². The molecular formula is C47H58N2O13. The summed E-state index contributed by atoms with van der Waals surface area (Å²) in [5.74, 6) is -8.21. The minimum Gasteiger partial charge on any atom is -0.507 e. The van der Waals surface area contributed by atoms with E-state index in [1.807, 2.05) is 30.3 Å². The zero-order chi connectivity index (χ0) is 45.8. The number of esters is 1. The summed E-state index contributed by atoms with van der Waals surface area (Å²) in [6.45, 7) is 12.3. The zero-order valence-corrected chi connectivity index (χ0v) is 36.8. The lowest BCUT2D eigenvalue weighted by atomic mass is 9.78. The first-order valence-corrected chi connectivity index (χ1v) is 20.5. The van der Waals surface area contributed by atoms with Gasteiger partial charge in [0.15, 0.2) is 12.4 Å². The number of ether oxygens (including phenoxy) is 5. The number of likely N-dealkylation sites (N-methyl/N-ethyl adjacent to an activating group) is 1. The number of methoxy groups -OCH3 is 1. The first-order valence-electron chi connectivity index (χ1n) is 20.5. The number of hydrogen-bond acceptors (Lipinski definition) is 13. The Morgan fingerprint density at radius 1 is 0.935 bits per heavy atom. The Kier molecular flexibility index (Phi) is 14.8. The van der Waals surface area contributed by atoms with Crippen molar-refractivity contribution in [1.82, 2.24) is 4.90 Å². The molecule has 3 aromatic rings. The average Bonchev–Trinajstić information content (AvgIpc) is 3.50. The molecule has 3 heterocycles. The minimum absolute atomic E-state index is 0.0676. The maximum Gasteiger partial charge on any atom is 0.312 e. The highest BCUT2D eigenvalue weighted by molar-refractivity contribution is 6.21. The average molecular weight is 859 g/mol. The number of aliphatic hydroxyl groups excluding tert-OH is 2. The lowest BCUT2D eigenvalue weighted by Crippen LogP contribution is -2.46. The second-order valence-corrected chi connectivity index (χ2v) is 16.4. The summed E-state index contributed by atoms with van der Waals surface area (Å²) in [7, 11) is 3.04. The number of nitrogens with zero attached hydrogens (tertiary/aromatic N) is 1. The van der Waals surface area contributed by atoms with Crippen LogP contribution in [0.5, 0.6) is 23.0 Å². The molecule has 334 valence electrons. The number of fused-ring (bicyclic) bond motifs is 14. The molecule has 0 aromatic heterocycles. The van der Waals surface area contributed by atoms with E-state index in [4.69, 9.17) is 23.7 Å². The van der Waals surface area contributed by atoms with E-state index in [2.05, 4.69) is 5.32 Å². The number of phenols is 2. The third-order valence-corrected chi connectivity index (χ3v) is 11.9. The number of nitrogens with one attached hydrogen (secondary N) is 1. The number of aromatic hydroxyl groups is 2. The van der Waals surface area contributed by atoms with Gasteiger partial charge in [0.05, 0.1) is 41.2 Å². The molecule has 2 amide bonds. The van der Waals surface area contributed by atoms with Crippen LogP contribution >= 0.6 is 0 Å². The van der Waals surface area contributed by atoms with Gasteiger partial charge in [-0.1, -0.05) is 76.3 Å². The van der Waals surface area contributed by atoms with Crippen molar-refractivity contribution in [2.45, 2.75) is 92.1 Å². The topological polar surface area (TPSA) is 211 Å². The molecule has 0 aliphatic carbocycles. The number of carbonyl (C=O) groups excluding carboxylic acids is 4. The number of ketones is 1. The second-order valence-electron chi connectivity index (χ2n) is 16.4. The van der Waals surface area contributed by atoms with Crippen LogP contribution in [-0.4, -0.2) is 99.9 Å². The monoisotopic (exact) mass is 858 g/mol. The lowest BCUT2D eigenvalue weighted by Gasteiger charge is -2.38. The van der Waals surface area contributed by atoms with E-state index in [9.17, 15) is 39.6 Å². The molecular weight excluding hydrogens is 801 g/mol. The summed E-state index contributed by atoms with van der Waals surface area (Å²) >= 11 is 0. The number of amides is 2. The standard InChI is InChI=1S/C47H58N2O13/c1-24-15-14-16-25(2)46(57)48-32-21-34(59-23-35(51)49(9)22-31-17-12-11-13-18-31)36-37(42(32)55)41(54)29(6)44-38(36)45(56)47(8,62-44)60-20-19-33(58-10)26(3)43(61-30(7)50)28(5)40(53)27(4)39(24)52/h11-21,24,26-28,33,39-40,43,52-55H,22-23H2,1-10H3,(H,48,57)/b15-14+,20-19+,25-16?. The largest absolute Gasteiger partial charge is 0.507 e. The summed E-state index contributed by atoms with van der Waals surface area (Å²) in [6, 6.07) is 10.6. The number of aliphatic hydroxyl groups is 2. The van der Waals surface area contributed by atoms with E-state index in [0.29, 0.717) is 0 Å². The third kappa shape index (κ3) is 9.75. The van der Waals surface area contributed by atoms with Crippen molar-refractivity contribution in [2.24, 2.45) is 23.7 Å². The van der Waals surface area contributed by atoms with Crippen LogP contribution in [0.1, 0.15) is 70.0 Å². The number of hydrogen-bond donors (Lipinski definition) is 5. The van der Waals surface area contributed by atoms with Gasteiger partial charge in [-0.25, -0.2) is 0 Å². The molecule has 15 heteroatoms. The normalized spacial score (nSPS) is 28.0. The fourth-order valence-electron chi connectivity index (χ4n) is 7.94. The minimum atomic E-state index is -2.04. The van der Waals surface area contributed by atoms with E-state index in [1.54, 1.807) is 46.9 Å². The first-order chi connectivity index (χ1) is 29.2. The molecule has 0 saturated carbocycles. The molecule has 3 aliphatic heterocycles. The Morgan fingerprint density at radius 3 is 2.26 bits per heavy atom. The molecule has 6 rings (SSSR count). The molecule has 9 atom stereocenters. The highest BCUT2D eigenvalue weighted by Crippen LogP contribution is 2.54. The van der Waals surface area contributed by atoms with Gasteiger partial charge in [0, 0.05) is 80.8 Å². The molecule has 3 aromatic carbocycles. The number of anilines is 1. The van der Waals surface area contributed by atoms with Gasteiger partial charge < -0.3 is 54.3 Å². The molecule has 0 radical (unpaired) electrons. The van der Waals surface area contributed by atoms with Gasteiger partial charge in [0.1, 0.15) is 23.4 Å². The molecule has 5 N–H and O–H groups in total.